The number of benzene rings is 1. The van der Waals surface area contributed by atoms with Crippen LogP contribution in [0.5, 0.6) is 0 Å². The van der Waals surface area contributed by atoms with Gasteiger partial charge >= 0.3 is 0 Å². The van der Waals surface area contributed by atoms with Crippen molar-refractivity contribution in [3.05, 3.63) is 48.7 Å². The largest absolute Gasteiger partial charge is 0.364 e. The molecule has 3 heteroatoms. The van der Waals surface area contributed by atoms with Crippen molar-refractivity contribution < 1.29 is 0 Å². The molecule has 2 nitrogen and oxygen atoms in total. The Kier molecular flexibility index (Phi) is 4.85. The Morgan fingerprint density at radius 3 is 2.53 bits per heavy atom. The topological polar surface area (TPSA) is 6.48 Å². The number of rotatable bonds is 3. The van der Waals surface area contributed by atoms with Gasteiger partial charge in [-0.3, -0.25) is 4.90 Å². The zero-order valence-electron chi connectivity index (χ0n) is 8.80. The van der Waals surface area contributed by atoms with E-state index in [4.69, 9.17) is 0 Å². The molecular formula is C12H17BrN2. The molecule has 0 N–H and O–H groups in total. The van der Waals surface area contributed by atoms with Gasteiger partial charge in [0, 0.05) is 19.6 Å². The summed E-state index contributed by atoms with van der Waals surface area (Å²) in [4.78, 5) is 4.67. The van der Waals surface area contributed by atoms with Crippen molar-refractivity contribution in [2.75, 3.05) is 19.8 Å². The van der Waals surface area contributed by atoms with E-state index in [0.29, 0.717) is 0 Å². The average Bonchev–Trinajstić information content (AvgIpc) is 2.67. The summed E-state index contributed by atoms with van der Waals surface area (Å²) in [6, 6.07) is 10.6. The van der Waals surface area contributed by atoms with Gasteiger partial charge in [0.15, 0.2) is 0 Å². The van der Waals surface area contributed by atoms with Gasteiger partial charge in [-0.05, 0) is 11.8 Å². The fourth-order valence-corrected chi connectivity index (χ4v) is 1.79. The van der Waals surface area contributed by atoms with E-state index in [1.807, 2.05) is 6.20 Å². The minimum atomic E-state index is 0. The molecule has 15 heavy (non-hydrogen) atoms. The lowest BCUT2D eigenvalue weighted by molar-refractivity contribution is 0.282. The van der Waals surface area contributed by atoms with Gasteiger partial charge in [0.05, 0.1) is 6.67 Å². The zero-order valence-corrected chi connectivity index (χ0v) is 10.5. The lowest BCUT2D eigenvalue weighted by atomic mass is 10.2. The second kappa shape index (κ2) is 5.93. The van der Waals surface area contributed by atoms with Gasteiger partial charge in [0.2, 0.25) is 0 Å². The predicted octanol–water partition coefficient (Wildman–Crippen LogP) is 2.48. The van der Waals surface area contributed by atoms with Crippen LogP contribution in [0.2, 0.25) is 0 Å². The Balaban J connectivity index is 0.00000112. The lowest BCUT2D eigenvalue weighted by Crippen LogP contribution is -2.21. The summed E-state index contributed by atoms with van der Waals surface area (Å²) in [5, 5.41) is 0. The van der Waals surface area contributed by atoms with E-state index in [2.05, 4.69) is 46.7 Å². The molecule has 1 heterocycles. The Morgan fingerprint density at radius 2 is 1.93 bits per heavy atom. The summed E-state index contributed by atoms with van der Waals surface area (Å²) in [5.74, 6) is 0. The van der Waals surface area contributed by atoms with E-state index in [-0.39, 0.29) is 17.0 Å². The smallest absolute Gasteiger partial charge is 0.0705 e. The van der Waals surface area contributed by atoms with Gasteiger partial charge < -0.3 is 4.90 Å². The van der Waals surface area contributed by atoms with Crippen molar-refractivity contribution in [2.24, 2.45) is 0 Å². The van der Waals surface area contributed by atoms with E-state index in [0.717, 1.165) is 26.3 Å². The number of hydrogen-bond acceptors (Lipinski definition) is 2. The molecule has 1 aliphatic heterocycles. The molecular weight excluding hydrogens is 252 g/mol. The normalized spacial score (nSPS) is 16.1. The predicted molar refractivity (Wildman–Crippen MR) is 68.9 cm³/mol. The fraction of sp³-hybridized carbons (Fsp3) is 0.333. The van der Waals surface area contributed by atoms with Crippen molar-refractivity contribution in [1.82, 2.24) is 9.80 Å². The van der Waals surface area contributed by atoms with Gasteiger partial charge in [0.25, 0.3) is 0 Å². The summed E-state index contributed by atoms with van der Waals surface area (Å²) in [7, 11) is 0. The van der Waals surface area contributed by atoms with Crippen molar-refractivity contribution in [3.8, 4) is 0 Å². The first-order valence-electron chi connectivity index (χ1n) is 5.01. The number of nitrogens with zero attached hydrogens (tertiary/aromatic N) is 2. The summed E-state index contributed by atoms with van der Waals surface area (Å²) in [5.41, 5.74) is 1.39. The molecule has 0 spiro atoms. The highest BCUT2D eigenvalue weighted by Crippen LogP contribution is 2.10. The molecule has 1 saturated heterocycles. The fourth-order valence-electron chi connectivity index (χ4n) is 1.79. The van der Waals surface area contributed by atoms with E-state index >= 15 is 0 Å². The van der Waals surface area contributed by atoms with Crippen LogP contribution in [0.1, 0.15) is 5.56 Å². The first-order chi connectivity index (χ1) is 6.88. The zero-order chi connectivity index (χ0) is 9.80. The highest BCUT2D eigenvalue weighted by molar-refractivity contribution is 8.93. The molecule has 0 amide bonds. The standard InChI is InChI=1S/C12H16N2.BrH/c1-2-13-8-9-14(11-13)10-12-6-4-3-5-7-12;/h2-7H,1,8-11H2;1H. The maximum absolute atomic E-state index is 3.78. The SMILES string of the molecule is Br.C=CN1CCN(Cc2ccccc2)C1. The second-order valence-corrected chi connectivity index (χ2v) is 3.67. The van der Waals surface area contributed by atoms with E-state index in [1.54, 1.807) is 0 Å². The maximum Gasteiger partial charge on any atom is 0.0705 e. The van der Waals surface area contributed by atoms with Crippen molar-refractivity contribution >= 4 is 17.0 Å². The minimum Gasteiger partial charge on any atom is -0.364 e. The summed E-state index contributed by atoms with van der Waals surface area (Å²) in [6.07, 6.45) is 1.92. The number of halogens is 1. The van der Waals surface area contributed by atoms with Crippen LogP contribution in [0.3, 0.4) is 0 Å². The van der Waals surface area contributed by atoms with Gasteiger partial charge in [-0.15, -0.1) is 17.0 Å². The molecule has 0 aliphatic carbocycles. The second-order valence-electron chi connectivity index (χ2n) is 3.67. The van der Waals surface area contributed by atoms with Crippen LogP contribution in [0.25, 0.3) is 0 Å². The molecule has 0 unspecified atom stereocenters. The van der Waals surface area contributed by atoms with Crippen LogP contribution in [-0.2, 0) is 6.54 Å². The van der Waals surface area contributed by atoms with Crippen molar-refractivity contribution in [1.29, 1.82) is 0 Å². The van der Waals surface area contributed by atoms with Gasteiger partial charge in [-0.25, -0.2) is 0 Å². The first kappa shape index (κ1) is 12.3. The summed E-state index contributed by atoms with van der Waals surface area (Å²) < 4.78 is 0. The lowest BCUT2D eigenvalue weighted by Gasteiger charge is -2.16. The molecule has 0 atom stereocenters. The molecule has 0 saturated carbocycles. The molecule has 1 fully saturated rings. The third-order valence-corrected chi connectivity index (χ3v) is 2.59. The van der Waals surface area contributed by atoms with E-state index < -0.39 is 0 Å². The van der Waals surface area contributed by atoms with Crippen LogP contribution < -0.4 is 0 Å². The quantitative estimate of drug-likeness (QED) is 0.831. The molecule has 1 aromatic carbocycles. The molecule has 82 valence electrons. The van der Waals surface area contributed by atoms with E-state index in [9.17, 15) is 0 Å². The number of hydrogen-bond donors (Lipinski definition) is 0. The Bertz CT molecular complexity index is 300. The highest BCUT2D eigenvalue weighted by Gasteiger charge is 2.16. The van der Waals surface area contributed by atoms with Crippen molar-refractivity contribution in [2.45, 2.75) is 6.54 Å². The molecule has 0 aromatic heterocycles. The Morgan fingerprint density at radius 1 is 1.20 bits per heavy atom. The van der Waals surface area contributed by atoms with Crippen LogP contribution in [0, 0.1) is 0 Å². The third-order valence-electron chi connectivity index (χ3n) is 2.59. The van der Waals surface area contributed by atoms with Gasteiger partial charge in [0.1, 0.15) is 0 Å². The van der Waals surface area contributed by atoms with Crippen LogP contribution in [-0.4, -0.2) is 29.6 Å². The molecule has 1 aromatic rings. The summed E-state index contributed by atoms with van der Waals surface area (Å²) in [6.45, 7) is 8.09. The monoisotopic (exact) mass is 268 g/mol. The maximum atomic E-state index is 3.78. The Labute approximate surface area is 102 Å². The van der Waals surface area contributed by atoms with Gasteiger partial charge in [-0.1, -0.05) is 36.9 Å². The van der Waals surface area contributed by atoms with Gasteiger partial charge in [-0.2, -0.15) is 0 Å². The minimum absolute atomic E-state index is 0. The molecule has 0 radical (unpaired) electrons. The molecule has 2 rings (SSSR count). The summed E-state index contributed by atoms with van der Waals surface area (Å²) >= 11 is 0. The highest BCUT2D eigenvalue weighted by atomic mass is 79.9. The first-order valence-corrected chi connectivity index (χ1v) is 5.01. The van der Waals surface area contributed by atoms with Crippen molar-refractivity contribution in [3.63, 3.8) is 0 Å². The van der Waals surface area contributed by atoms with Crippen LogP contribution in [0.15, 0.2) is 43.1 Å². The Hall–Kier alpha value is -0.800. The van der Waals surface area contributed by atoms with E-state index in [1.165, 1.54) is 5.56 Å². The molecule has 1 aliphatic rings. The van der Waals surface area contributed by atoms with Crippen LogP contribution in [0.4, 0.5) is 0 Å². The third kappa shape index (κ3) is 3.36. The van der Waals surface area contributed by atoms with Crippen LogP contribution >= 0.6 is 17.0 Å². The molecule has 0 bridgehead atoms. The average molecular weight is 269 g/mol.